The number of aryl methyl sites for hydroxylation is 3. The second-order valence-corrected chi connectivity index (χ2v) is 14.1. The molecule has 0 amide bonds. The van der Waals surface area contributed by atoms with Crippen LogP contribution in [0.25, 0.3) is 11.0 Å². The zero-order valence-corrected chi connectivity index (χ0v) is 26.8. The topological polar surface area (TPSA) is 101 Å². The lowest BCUT2D eigenvalue weighted by Gasteiger charge is -2.24. The zero-order valence-electron chi connectivity index (χ0n) is 26.0. The van der Waals surface area contributed by atoms with Crippen LogP contribution in [0.2, 0.25) is 0 Å². The van der Waals surface area contributed by atoms with Crippen LogP contribution in [-0.4, -0.2) is 85.0 Å². The van der Waals surface area contributed by atoms with E-state index in [1.807, 2.05) is 76.3 Å². The van der Waals surface area contributed by atoms with E-state index in [9.17, 15) is 13.2 Å². The third-order valence-electron chi connectivity index (χ3n) is 9.17. The van der Waals surface area contributed by atoms with Crippen molar-refractivity contribution in [3.63, 3.8) is 0 Å². The molecular weight excluding hydrogens is 576 g/mol. The average molecular weight is 617 g/mol. The number of nitrogens with zero attached hydrogens (tertiary/aromatic N) is 6. The number of likely N-dealkylation sites (N-methyl/N-ethyl adjacent to an activating group) is 2. The number of para-hydroxylation sites is 1. The van der Waals surface area contributed by atoms with Crippen molar-refractivity contribution >= 4 is 32.7 Å². The van der Waals surface area contributed by atoms with E-state index < -0.39 is 10.0 Å². The Morgan fingerprint density at radius 3 is 2.59 bits per heavy atom. The van der Waals surface area contributed by atoms with Gasteiger partial charge in [0, 0.05) is 52.7 Å². The highest BCUT2D eigenvalue weighted by Gasteiger charge is 2.32. The lowest BCUT2D eigenvalue weighted by Crippen LogP contribution is -2.33. The average Bonchev–Trinajstić information content (AvgIpc) is 3.57. The standard InChI is InChI=1S/C33H40N6O4S/c1-22-10-11-24(18-25(22)20-39-17-16-37(4)29-8-6-7-9-31(29)44(39,41)42)28(19-32(40)43-26-14-15-36(3)21-26)27-12-13-30-33(23(27)2)34-35-38(30)5/h6-13,18,26,28H,14-17,19-21H2,1-5H3. The van der Waals surface area contributed by atoms with Crippen LogP contribution >= 0.6 is 0 Å². The summed E-state index contributed by atoms with van der Waals surface area (Å²) in [5.41, 5.74) is 7.20. The largest absolute Gasteiger partial charge is 0.461 e. The molecule has 10 nitrogen and oxygen atoms in total. The fourth-order valence-corrected chi connectivity index (χ4v) is 8.14. The van der Waals surface area contributed by atoms with Gasteiger partial charge in [0.15, 0.2) is 0 Å². The van der Waals surface area contributed by atoms with Gasteiger partial charge in [0.05, 0.1) is 17.6 Å². The lowest BCUT2D eigenvalue weighted by molar-refractivity contribution is -0.148. The van der Waals surface area contributed by atoms with Crippen LogP contribution in [0, 0.1) is 13.8 Å². The second kappa shape index (κ2) is 11.9. The number of rotatable bonds is 7. The van der Waals surface area contributed by atoms with Gasteiger partial charge in [0.25, 0.3) is 0 Å². The molecule has 4 aromatic rings. The van der Waals surface area contributed by atoms with E-state index in [1.165, 1.54) is 0 Å². The van der Waals surface area contributed by atoms with E-state index in [0.29, 0.717) is 23.7 Å². The van der Waals surface area contributed by atoms with Gasteiger partial charge in [-0.25, -0.2) is 13.1 Å². The van der Waals surface area contributed by atoms with E-state index in [4.69, 9.17) is 4.74 Å². The molecule has 1 aromatic heterocycles. The van der Waals surface area contributed by atoms with Crippen LogP contribution in [0.1, 0.15) is 46.6 Å². The highest BCUT2D eigenvalue weighted by molar-refractivity contribution is 7.89. The SMILES string of the molecule is Cc1ccc(C(CC(=O)OC2CCN(C)C2)c2ccc3c(nnn3C)c2C)cc1CN1CCN(C)c2ccccc2S1(=O)=O. The summed E-state index contributed by atoms with van der Waals surface area (Å²) in [6, 6.07) is 17.3. The molecule has 11 heteroatoms. The number of sulfonamides is 1. The lowest BCUT2D eigenvalue weighted by atomic mass is 9.84. The Labute approximate surface area is 259 Å². The summed E-state index contributed by atoms with van der Waals surface area (Å²) < 4.78 is 37.0. The summed E-state index contributed by atoms with van der Waals surface area (Å²) in [5, 5.41) is 8.60. The molecule has 2 aliphatic heterocycles. The van der Waals surface area contributed by atoms with Crippen LogP contribution in [0.5, 0.6) is 0 Å². The molecule has 0 bridgehead atoms. The van der Waals surface area contributed by atoms with Gasteiger partial charge < -0.3 is 14.5 Å². The number of esters is 1. The first-order valence-electron chi connectivity index (χ1n) is 15.1. The minimum Gasteiger partial charge on any atom is -0.461 e. The summed E-state index contributed by atoms with van der Waals surface area (Å²) in [5.74, 6) is -0.550. The van der Waals surface area contributed by atoms with Gasteiger partial charge in [-0.3, -0.25) is 4.79 Å². The molecule has 1 fully saturated rings. The predicted octanol–water partition coefficient (Wildman–Crippen LogP) is 4.00. The summed E-state index contributed by atoms with van der Waals surface area (Å²) in [6.07, 6.45) is 0.879. The van der Waals surface area contributed by atoms with Crippen LogP contribution in [0.15, 0.2) is 59.5 Å². The maximum atomic E-state index is 13.8. The molecule has 2 unspecified atom stereocenters. The van der Waals surface area contributed by atoms with Crippen molar-refractivity contribution in [3.05, 3.63) is 82.4 Å². The van der Waals surface area contributed by atoms with E-state index in [2.05, 4.69) is 21.3 Å². The first kappa shape index (κ1) is 30.2. The van der Waals surface area contributed by atoms with Gasteiger partial charge in [-0.05, 0) is 73.3 Å². The molecule has 2 aliphatic rings. The second-order valence-electron chi connectivity index (χ2n) is 12.2. The number of carbonyl (C=O) groups excluding carboxylic acids is 1. The monoisotopic (exact) mass is 616 g/mol. The normalized spacial score (nSPS) is 19.6. The smallest absolute Gasteiger partial charge is 0.307 e. The number of aromatic nitrogens is 3. The van der Waals surface area contributed by atoms with Crippen molar-refractivity contribution in [2.24, 2.45) is 7.05 Å². The molecule has 3 aromatic carbocycles. The van der Waals surface area contributed by atoms with Crippen LogP contribution in [0.3, 0.4) is 0 Å². The number of anilines is 1. The Kier molecular flexibility index (Phi) is 8.21. The molecule has 1 saturated heterocycles. The number of hydrogen-bond donors (Lipinski definition) is 0. The quantitative estimate of drug-likeness (QED) is 0.288. The molecule has 6 rings (SSSR count). The van der Waals surface area contributed by atoms with E-state index in [1.54, 1.807) is 21.1 Å². The number of ether oxygens (including phenoxy) is 1. The number of fused-ring (bicyclic) bond motifs is 2. The molecule has 0 aliphatic carbocycles. The fourth-order valence-electron chi connectivity index (χ4n) is 6.49. The fraction of sp³-hybridized carbons (Fsp3) is 0.424. The van der Waals surface area contributed by atoms with Crippen molar-refractivity contribution in [1.29, 1.82) is 0 Å². The summed E-state index contributed by atoms with van der Waals surface area (Å²) >= 11 is 0. The third kappa shape index (κ3) is 5.71. The Hall–Kier alpha value is -3.80. The van der Waals surface area contributed by atoms with Gasteiger partial charge in [-0.2, -0.15) is 4.31 Å². The number of carbonyl (C=O) groups is 1. The Morgan fingerprint density at radius 2 is 1.82 bits per heavy atom. The molecule has 3 heterocycles. The molecule has 44 heavy (non-hydrogen) atoms. The molecule has 0 spiro atoms. The highest BCUT2D eigenvalue weighted by atomic mass is 32.2. The van der Waals surface area contributed by atoms with Gasteiger partial charge in [-0.1, -0.05) is 41.6 Å². The summed E-state index contributed by atoms with van der Waals surface area (Å²) in [6.45, 7) is 6.84. The first-order chi connectivity index (χ1) is 21.0. The number of hydrogen-bond acceptors (Lipinski definition) is 8. The van der Waals surface area contributed by atoms with Gasteiger partial charge in [0.2, 0.25) is 10.0 Å². The van der Waals surface area contributed by atoms with E-state index >= 15 is 0 Å². The molecule has 0 radical (unpaired) electrons. The van der Waals surface area contributed by atoms with Gasteiger partial charge in [0.1, 0.15) is 16.5 Å². The first-order valence-corrected chi connectivity index (χ1v) is 16.5. The maximum Gasteiger partial charge on any atom is 0.307 e. The van der Waals surface area contributed by atoms with Crippen LogP contribution < -0.4 is 4.90 Å². The minimum atomic E-state index is -3.72. The van der Waals surface area contributed by atoms with E-state index in [0.717, 1.165) is 58.4 Å². The molecular formula is C33H40N6O4S. The molecule has 232 valence electrons. The molecule has 0 saturated carbocycles. The maximum absolute atomic E-state index is 13.8. The van der Waals surface area contributed by atoms with Crippen molar-refractivity contribution in [1.82, 2.24) is 24.2 Å². The molecule has 2 atom stereocenters. The number of benzene rings is 3. The van der Waals surface area contributed by atoms with Gasteiger partial charge in [-0.15, -0.1) is 5.10 Å². The molecule has 0 N–H and O–H groups in total. The zero-order chi connectivity index (χ0) is 31.2. The summed E-state index contributed by atoms with van der Waals surface area (Å²) in [7, 11) is 2.10. The number of likely N-dealkylation sites (tertiary alicyclic amines) is 1. The summed E-state index contributed by atoms with van der Waals surface area (Å²) in [4.78, 5) is 17.9. The minimum absolute atomic E-state index is 0.112. The van der Waals surface area contributed by atoms with Crippen molar-refractivity contribution in [3.8, 4) is 0 Å². The third-order valence-corrected chi connectivity index (χ3v) is 11.1. The van der Waals surface area contributed by atoms with Crippen molar-refractivity contribution in [2.75, 3.05) is 45.2 Å². The van der Waals surface area contributed by atoms with Crippen molar-refractivity contribution in [2.45, 2.75) is 50.2 Å². The Bertz CT molecular complexity index is 1820. The van der Waals surface area contributed by atoms with Gasteiger partial charge >= 0.3 is 5.97 Å². The van der Waals surface area contributed by atoms with Crippen LogP contribution in [0.4, 0.5) is 5.69 Å². The van der Waals surface area contributed by atoms with Crippen LogP contribution in [-0.2, 0) is 33.1 Å². The van der Waals surface area contributed by atoms with Crippen molar-refractivity contribution < 1.29 is 17.9 Å². The predicted molar refractivity (Wildman–Crippen MR) is 170 cm³/mol. The van der Waals surface area contributed by atoms with E-state index in [-0.39, 0.29) is 31.0 Å². The Morgan fingerprint density at radius 1 is 1.02 bits per heavy atom. The highest BCUT2D eigenvalue weighted by Crippen LogP contribution is 2.36. The Balaban J connectivity index is 1.36.